The van der Waals surface area contributed by atoms with E-state index < -0.39 is 0 Å². The van der Waals surface area contributed by atoms with E-state index in [0.29, 0.717) is 18.0 Å². The van der Waals surface area contributed by atoms with E-state index >= 15 is 0 Å². The second kappa shape index (κ2) is 7.80. The average molecular weight is 274 g/mol. The predicted molar refractivity (Wildman–Crippen MR) is 86.9 cm³/mol. The summed E-state index contributed by atoms with van der Waals surface area (Å²) >= 11 is 0. The Morgan fingerprint density at radius 1 is 1.10 bits per heavy atom. The lowest BCUT2D eigenvalue weighted by atomic mass is 10.00. The molecule has 112 valence electrons. The third-order valence-corrected chi connectivity index (χ3v) is 4.56. The molecule has 0 amide bonds. The summed E-state index contributed by atoms with van der Waals surface area (Å²) in [4.78, 5) is 2.68. The van der Waals surface area contributed by atoms with E-state index in [-0.39, 0.29) is 0 Å². The highest BCUT2D eigenvalue weighted by Gasteiger charge is 2.25. The van der Waals surface area contributed by atoms with Crippen molar-refractivity contribution in [2.24, 2.45) is 5.92 Å². The number of hydrogen-bond acceptors (Lipinski definition) is 2. The van der Waals surface area contributed by atoms with Crippen molar-refractivity contribution in [1.82, 2.24) is 10.2 Å². The first kappa shape index (κ1) is 15.5. The Balaban J connectivity index is 1.93. The number of likely N-dealkylation sites (tertiary alicyclic amines) is 1. The molecule has 1 aliphatic rings. The topological polar surface area (TPSA) is 15.3 Å². The summed E-state index contributed by atoms with van der Waals surface area (Å²) in [5.41, 5.74) is 1.42. The molecule has 1 heterocycles. The summed E-state index contributed by atoms with van der Waals surface area (Å²) < 4.78 is 0. The van der Waals surface area contributed by atoms with Gasteiger partial charge in [0.05, 0.1) is 0 Å². The second-order valence-electron chi connectivity index (χ2n) is 6.33. The molecule has 2 rings (SSSR count). The van der Waals surface area contributed by atoms with Gasteiger partial charge in [-0.2, -0.15) is 0 Å². The van der Waals surface area contributed by atoms with Gasteiger partial charge in [0.2, 0.25) is 0 Å². The van der Waals surface area contributed by atoms with Gasteiger partial charge < -0.3 is 5.32 Å². The van der Waals surface area contributed by atoms with Gasteiger partial charge in [0.1, 0.15) is 0 Å². The van der Waals surface area contributed by atoms with Crippen molar-refractivity contribution in [2.75, 3.05) is 19.6 Å². The Labute approximate surface area is 124 Å². The van der Waals surface area contributed by atoms with Crippen LogP contribution in [-0.2, 0) is 0 Å². The third-order valence-electron chi connectivity index (χ3n) is 4.56. The summed E-state index contributed by atoms with van der Waals surface area (Å²) in [7, 11) is 0. The average Bonchev–Trinajstić information content (AvgIpc) is 2.98. The van der Waals surface area contributed by atoms with Crippen LogP contribution in [0.1, 0.15) is 51.6 Å². The zero-order valence-corrected chi connectivity index (χ0v) is 13.3. The molecule has 2 nitrogen and oxygen atoms in total. The van der Waals surface area contributed by atoms with Crippen LogP contribution in [0.3, 0.4) is 0 Å². The fourth-order valence-electron chi connectivity index (χ4n) is 3.31. The highest BCUT2D eigenvalue weighted by Crippen LogP contribution is 2.20. The second-order valence-corrected chi connectivity index (χ2v) is 6.33. The molecule has 0 bridgehead atoms. The van der Waals surface area contributed by atoms with Crippen LogP contribution in [-0.4, -0.2) is 30.6 Å². The Morgan fingerprint density at radius 2 is 1.75 bits per heavy atom. The van der Waals surface area contributed by atoms with Crippen molar-refractivity contribution in [2.45, 2.75) is 52.1 Å². The molecule has 0 aromatic heterocycles. The van der Waals surface area contributed by atoms with Gasteiger partial charge in [0.15, 0.2) is 0 Å². The molecule has 2 unspecified atom stereocenters. The van der Waals surface area contributed by atoms with E-state index in [2.05, 4.69) is 61.3 Å². The maximum Gasteiger partial charge on any atom is 0.0318 e. The Hall–Kier alpha value is -0.860. The summed E-state index contributed by atoms with van der Waals surface area (Å²) in [5, 5.41) is 3.80. The molecule has 1 fully saturated rings. The number of benzene rings is 1. The first-order chi connectivity index (χ1) is 9.72. The van der Waals surface area contributed by atoms with Crippen LogP contribution in [0.25, 0.3) is 0 Å². The van der Waals surface area contributed by atoms with Crippen LogP contribution >= 0.6 is 0 Å². The minimum Gasteiger partial charge on any atom is -0.308 e. The zero-order valence-electron chi connectivity index (χ0n) is 13.3. The SMILES string of the molecule is CCC(NCC(C(C)C)N1CCCC1)c1ccccc1. The maximum absolute atomic E-state index is 3.80. The molecule has 2 atom stereocenters. The van der Waals surface area contributed by atoms with Crippen LogP contribution in [0.4, 0.5) is 0 Å². The van der Waals surface area contributed by atoms with E-state index in [1.807, 2.05) is 0 Å². The Kier molecular flexibility index (Phi) is 6.06. The van der Waals surface area contributed by atoms with Crippen molar-refractivity contribution in [1.29, 1.82) is 0 Å². The molecule has 1 aromatic rings. The minimum atomic E-state index is 0.486. The molecule has 1 aromatic carbocycles. The lowest BCUT2D eigenvalue weighted by Crippen LogP contribution is -2.45. The largest absolute Gasteiger partial charge is 0.308 e. The van der Waals surface area contributed by atoms with Crippen LogP contribution in [0.5, 0.6) is 0 Å². The van der Waals surface area contributed by atoms with Crippen molar-refractivity contribution in [3.05, 3.63) is 35.9 Å². The molecular weight excluding hydrogens is 244 g/mol. The molecule has 2 heteroatoms. The predicted octanol–water partition coefficient (Wildman–Crippen LogP) is 3.85. The molecule has 1 aliphatic heterocycles. The number of hydrogen-bond donors (Lipinski definition) is 1. The molecule has 0 spiro atoms. The fourth-order valence-corrected chi connectivity index (χ4v) is 3.31. The third kappa shape index (κ3) is 4.07. The van der Waals surface area contributed by atoms with Crippen LogP contribution in [0.2, 0.25) is 0 Å². The van der Waals surface area contributed by atoms with Gasteiger partial charge in [-0.1, -0.05) is 51.1 Å². The molecule has 0 aliphatic carbocycles. The van der Waals surface area contributed by atoms with Gasteiger partial charge in [0.25, 0.3) is 0 Å². The highest BCUT2D eigenvalue weighted by atomic mass is 15.2. The Bertz CT molecular complexity index is 368. The molecule has 0 radical (unpaired) electrons. The number of nitrogens with zero attached hydrogens (tertiary/aromatic N) is 1. The molecular formula is C18H30N2. The smallest absolute Gasteiger partial charge is 0.0318 e. The first-order valence-electron chi connectivity index (χ1n) is 8.24. The number of nitrogens with one attached hydrogen (secondary N) is 1. The minimum absolute atomic E-state index is 0.486. The van der Waals surface area contributed by atoms with Gasteiger partial charge in [-0.25, -0.2) is 0 Å². The van der Waals surface area contributed by atoms with Gasteiger partial charge in [-0.15, -0.1) is 0 Å². The van der Waals surface area contributed by atoms with Gasteiger partial charge in [0, 0.05) is 18.6 Å². The van der Waals surface area contributed by atoms with Gasteiger partial charge >= 0.3 is 0 Å². The van der Waals surface area contributed by atoms with E-state index in [1.165, 1.54) is 31.5 Å². The summed E-state index contributed by atoms with van der Waals surface area (Å²) in [6.07, 6.45) is 3.90. The lowest BCUT2D eigenvalue weighted by molar-refractivity contribution is 0.181. The monoisotopic (exact) mass is 274 g/mol. The van der Waals surface area contributed by atoms with Crippen molar-refractivity contribution in [3.8, 4) is 0 Å². The van der Waals surface area contributed by atoms with Crippen molar-refractivity contribution < 1.29 is 0 Å². The first-order valence-corrected chi connectivity index (χ1v) is 8.24. The van der Waals surface area contributed by atoms with Gasteiger partial charge in [-0.3, -0.25) is 4.90 Å². The zero-order chi connectivity index (χ0) is 14.4. The van der Waals surface area contributed by atoms with E-state index in [1.54, 1.807) is 0 Å². The molecule has 1 N–H and O–H groups in total. The Morgan fingerprint density at radius 3 is 2.30 bits per heavy atom. The number of rotatable bonds is 7. The van der Waals surface area contributed by atoms with Crippen LogP contribution in [0.15, 0.2) is 30.3 Å². The molecule has 0 saturated carbocycles. The maximum atomic E-state index is 3.80. The normalized spacial score (nSPS) is 19.4. The van der Waals surface area contributed by atoms with Crippen LogP contribution in [0, 0.1) is 5.92 Å². The summed E-state index contributed by atoms with van der Waals surface area (Å²) in [6, 6.07) is 12.0. The quantitative estimate of drug-likeness (QED) is 0.812. The summed E-state index contributed by atoms with van der Waals surface area (Å²) in [5.74, 6) is 0.717. The van der Waals surface area contributed by atoms with Gasteiger partial charge in [-0.05, 0) is 43.8 Å². The molecule has 1 saturated heterocycles. The van der Waals surface area contributed by atoms with Crippen molar-refractivity contribution in [3.63, 3.8) is 0 Å². The lowest BCUT2D eigenvalue weighted by Gasteiger charge is -2.32. The van der Waals surface area contributed by atoms with Crippen LogP contribution < -0.4 is 5.32 Å². The summed E-state index contributed by atoms with van der Waals surface area (Å²) in [6.45, 7) is 10.7. The molecule has 20 heavy (non-hydrogen) atoms. The highest BCUT2D eigenvalue weighted by molar-refractivity contribution is 5.18. The van der Waals surface area contributed by atoms with E-state index in [0.717, 1.165) is 13.0 Å². The fraction of sp³-hybridized carbons (Fsp3) is 0.667. The van der Waals surface area contributed by atoms with E-state index in [9.17, 15) is 0 Å². The standard InChI is InChI=1S/C18H30N2/c1-4-17(16-10-6-5-7-11-16)19-14-18(15(2)3)20-12-8-9-13-20/h5-7,10-11,15,17-19H,4,8-9,12-14H2,1-3H3. The van der Waals surface area contributed by atoms with E-state index in [4.69, 9.17) is 0 Å². The van der Waals surface area contributed by atoms with Crippen molar-refractivity contribution >= 4 is 0 Å².